The van der Waals surface area contributed by atoms with Crippen LogP contribution in [0.2, 0.25) is 0 Å². The molecule has 3 heteroatoms. The highest BCUT2D eigenvalue weighted by Crippen LogP contribution is 2.24. The fourth-order valence-corrected chi connectivity index (χ4v) is 3.66. The second-order valence-corrected chi connectivity index (χ2v) is 6.49. The lowest BCUT2D eigenvalue weighted by molar-refractivity contribution is -0.129. The van der Waals surface area contributed by atoms with Crippen molar-refractivity contribution >= 4 is 5.91 Å². The Bertz CT molecular complexity index is 512. The highest BCUT2D eigenvalue weighted by molar-refractivity contribution is 5.79. The highest BCUT2D eigenvalue weighted by atomic mass is 16.3. The molecule has 1 atom stereocenters. The Morgan fingerprint density at radius 3 is 2.86 bits per heavy atom. The third kappa shape index (κ3) is 3.46. The van der Waals surface area contributed by atoms with Gasteiger partial charge in [0.05, 0.1) is 6.42 Å². The van der Waals surface area contributed by atoms with Crippen LogP contribution in [0.4, 0.5) is 0 Å². The van der Waals surface area contributed by atoms with Gasteiger partial charge in [0.1, 0.15) is 0 Å². The maximum absolute atomic E-state index is 12.4. The minimum atomic E-state index is 0.234. The molecule has 0 aromatic heterocycles. The van der Waals surface area contributed by atoms with Crippen molar-refractivity contribution in [3.8, 4) is 0 Å². The van der Waals surface area contributed by atoms with Gasteiger partial charge >= 0.3 is 0 Å². The van der Waals surface area contributed by atoms with E-state index in [0.717, 1.165) is 31.5 Å². The summed E-state index contributed by atoms with van der Waals surface area (Å²) in [7, 11) is 0. The lowest BCUT2D eigenvalue weighted by Crippen LogP contribution is -2.30. The number of carbonyl (C=O) groups is 1. The molecule has 1 aromatic carbocycles. The first-order valence-electron chi connectivity index (χ1n) is 8.25. The molecule has 0 radical (unpaired) electrons. The summed E-state index contributed by atoms with van der Waals surface area (Å²) < 4.78 is 0. The number of hydrogen-bond acceptors (Lipinski definition) is 2. The van der Waals surface area contributed by atoms with Crippen molar-refractivity contribution in [3.05, 3.63) is 34.9 Å². The smallest absolute Gasteiger partial charge is 0.226 e. The van der Waals surface area contributed by atoms with Gasteiger partial charge in [-0.3, -0.25) is 4.79 Å². The third-order valence-electron chi connectivity index (χ3n) is 4.94. The molecule has 3 rings (SSSR count). The number of aliphatic hydroxyl groups excluding tert-OH is 1. The number of likely N-dealkylation sites (tertiary alicyclic amines) is 1. The number of benzene rings is 1. The molecular weight excluding hydrogens is 262 g/mol. The molecule has 1 saturated heterocycles. The lowest BCUT2D eigenvalue weighted by atomic mass is 9.90. The number of nitrogens with zero attached hydrogens (tertiary/aromatic N) is 1. The van der Waals surface area contributed by atoms with E-state index in [2.05, 4.69) is 18.2 Å². The van der Waals surface area contributed by atoms with Crippen LogP contribution in [-0.4, -0.2) is 35.6 Å². The topological polar surface area (TPSA) is 40.5 Å². The fraction of sp³-hybridized carbons (Fsp3) is 0.611. The van der Waals surface area contributed by atoms with Gasteiger partial charge in [-0.25, -0.2) is 0 Å². The van der Waals surface area contributed by atoms with Crippen LogP contribution in [0, 0.1) is 5.92 Å². The van der Waals surface area contributed by atoms with Crippen LogP contribution in [0.1, 0.15) is 42.4 Å². The molecule has 3 nitrogen and oxygen atoms in total. The molecule has 21 heavy (non-hydrogen) atoms. The highest BCUT2D eigenvalue weighted by Gasteiger charge is 2.25. The minimum absolute atomic E-state index is 0.234. The number of aliphatic hydroxyl groups is 1. The number of hydrogen-bond donors (Lipinski definition) is 1. The zero-order valence-electron chi connectivity index (χ0n) is 12.7. The number of aryl methyl sites for hydroxylation is 2. The van der Waals surface area contributed by atoms with Gasteiger partial charge in [0.25, 0.3) is 0 Å². The maximum Gasteiger partial charge on any atom is 0.226 e. The second kappa shape index (κ2) is 6.61. The standard InChI is InChI=1S/C18H25NO2/c20-10-8-14-7-9-19(13-14)18(21)12-15-5-6-16-3-1-2-4-17(16)11-15/h5-6,11,14,20H,1-4,7-10,12-13H2. The summed E-state index contributed by atoms with van der Waals surface area (Å²) >= 11 is 0. The Kier molecular flexibility index (Phi) is 4.59. The van der Waals surface area contributed by atoms with Gasteiger partial charge < -0.3 is 10.0 Å². The quantitative estimate of drug-likeness (QED) is 0.923. The van der Waals surface area contributed by atoms with Crippen LogP contribution >= 0.6 is 0 Å². The van der Waals surface area contributed by atoms with E-state index in [0.29, 0.717) is 12.3 Å². The van der Waals surface area contributed by atoms with Gasteiger partial charge in [-0.15, -0.1) is 0 Å². The van der Waals surface area contributed by atoms with Crippen LogP contribution in [0.15, 0.2) is 18.2 Å². The zero-order valence-corrected chi connectivity index (χ0v) is 12.7. The molecule has 1 amide bonds. The van der Waals surface area contributed by atoms with Crippen molar-refractivity contribution in [2.45, 2.75) is 44.9 Å². The molecule has 1 unspecified atom stereocenters. The van der Waals surface area contributed by atoms with Crippen molar-refractivity contribution in [3.63, 3.8) is 0 Å². The summed E-state index contributed by atoms with van der Waals surface area (Å²) in [6, 6.07) is 6.59. The molecule has 1 heterocycles. The Morgan fingerprint density at radius 1 is 1.24 bits per heavy atom. The summed E-state index contributed by atoms with van der Waals surface area (Å²) in [5.74, 6) is 0.730. The SMILES string of the molecule is O=C(Cc1ccc2c(c1)CCCC2)N1CCC(CCO)C1. The molecule has 114 valence electrons. The molecule has 1 aliphatic heterocycles. The van der Waals surface area contributed by atoms with E-state index in [4.69, 9.17) is 5.11 Å². The van der Waals surface area contributed by atoms with E-state index in [-0.39, 0.29) is 12.5 Å². The van der Waals surface area contributed by atoms with Crippen LogP contribution in [0.5, 0.6) is 0 Å². The first kappa shape index (κ1) is 14.6. The summed E-state index contributed by atoms with van der Waals surface area (Å²) in [4.78, 5) is 14.4. The first-order valence-corrected chi connectivity index (χ1v) is 8.25. The monoisotopic (exact) mass is 287 g/mol. The predicted octanol–water partition coefficient (Wildman–Crippen LogP) is 2.34. The van der Waals surface area contributed by atoms with E-state index in [1.54, 1.807) is 0 Å². The van der Waals surface area contributed by atoms with Gasteiger partial charge in [-0.2, -0.15) is 0 Å². The van der Waals surface area contributed by atoms with Crippen molar-refractivity contribution in [1.29, 1.82) is 0 Å². The summed E-state index contributed by atoms with van der Waals surface area (Å²) in [5.41, 5.74) is 4.08. The Labute approximate surface area is 127 Å². The molecule has 0 saturated carbocycles. The van der Waals surface area contributed by atoms with Gasteiger partial charge in [-0.05, 0) is 61.1 Å². The normalized spacial score (nSPS) is 21.4. The third-order valence-corrected chi connectivity index (χ3v) is 4.94. The fourth-order valence-electron chi connectivity index (χ4n) is 3.66. The molecular formula is C18H25NO2. The van der Waals surface area contributed by atoms with Crippen molar-refractivity contribution in [1.82, 2.24) is 4.90 Å². The summed E-state index contributed by atoms with van der Waals surface area (Å²) in [5, 5.41) is 9.00. The van der Waals surface area contributed by atoms with Gasteiger partial charge in [0.15, 0.2) is 0 Å². The molecule has 1 aliphatic carbocycles. The average Bonchev–Trinajstić information content (AvgIpc) is 2.96. The number of rotatable bonds is 4. The Morgan fingerprint density at radius 2 is 2.05 bits per heavy atom. The van der Waals surface area contributed by atoms with Crippen LogP contribution in [0.3, 0.4) is 0 Å². The first-order chi connectivity index (χ1) is 10.3. The number of fused-ring (bicyclic) bond motifs is 1. The van der Waals surface area contributed by atoms with E-state index in [1.807, 2.05) is 4.90 Å². The van der Waals surface area contributed by atoms with Crippen molar-refractivity contribution in [2.75, 3.05) is 19.7 Å². The van der Waals surface area contributed by atoms with Crippen molar-refractivity contribution < 1.29 is 9.90 Å². The lowest BCUT2D eigenvalue weighted by Gasteiger charge is -2.19. The van der Waals surface area contributed by atoms with Crippen LogP contribution < -0.4 is 0 Å². The van der Waals surface area contributed by atoms with Crippen LogP contribution in [-0.2, 0) is 24.1 Å². The molecule has 1 aromatic rings. The average molecular weight is 287 g/mol. The molecule has 0 bridgehead atoms. The van der Waals surface area contributed by atoms with Gasteiger partial charge in [0.2, 0.25) is 5.91 Å². The number of carbonyl (C=O) groups excluding carboxylic acids is 1. The van der Waals surface area contributed by atoms with Crippen LogP contribution in [0.25, 0.3) is 0 Å². The van der Waals surface area contributed by atoms with Gasteiger partial charge in [-0.1, -0.05) is 18.2 Å². The summed E-state index contributed by atoms with van der Waals surface area (Å²) in [6.45, 7) is 1.91. The maximum atomic E-state index is 12.4. The Hall–Kier alpha value is -1.35. The van der Waals surface area contributed by atoms with E-state index >= 15 is 0 Å². The molecule has 0 spiro atoms. The molecule has 1 N–H and O–H groups in total. The largest absolute Gasteiger partial charge is 0.396 e. The van der Waals surface area contributed by atoms with E-state index in [1.165, 1.54) is 36.8 Å². The zero-order chi connectivity index (χ0) is 14.7. The Balaban J connectivity index is 1.60. The summed E-state index contributed by atoms with van der Waals surface area (Å²) in [6.07, 6.45) is 7.32. The van der Waals surface area contributed by atoms with E-state index in [9.17, 15) is 4.79 Å². The number of amides is 1. The minimum Gasteiger partial charge on any atom is -0.396 e. The second-order valence-electron chi connectivity index (χ2n) is 6.49. The van der Waals surface area contributed by atoms with Crippen molar-refractivity contribution in [2.24, 2.45) is 5.92 Å². The molecule has 2 aliphatic rings. The molecule has 1 fully saturated rings. The van der Waals surface area contributed by atoms with Gasteiger partial charge in [0, 0.05) is 19.7 Å². The predicted molar refractivity (Wildman–Crippen MR) is 83.2 cm³/mol. The van der Waals surface area contributed by atoms with E-state index < -0.39 is 0 Å².